The number of nitrogens with one attached hydrogen (secondary N) is 2. The highest BCUT2D eigenvalue weighted by atomic mass is 32.2. The van der Waals surface area contributed by atoms with E-state index in [0.29, 0.717) is 11.4 Å². The molecule has 0 fully saturated rings. The van der Waals surface area contributed by atoms with Crippen molar-refractivity contribution in [2.45, 2.75) is 43.4 Å². The van der Waals surface area contributed by atoms with E-state index in [1.54, 1.807) is 23.9 Å². The highest BCUT2D eigenvalue weighted by Crippen LogP contribution is 2.20. The zero-order valence-corrected chi connectivity index (χ0v) is 14.9. The first-order chi connectivity index (χ1) is 9.94. The molecule has 21 heavy (non-hydrogen) atoms. The van der Waals surface area contributed by atoms with Gasteiger partial charge >= 0.3 is 0 Å². The predicted molar refractivity (Wildman–Crippen MR) is 91.3 cm³/mol. The van der Waals surface area contributed by atoms with Crippen molar-refractivity contribution in [2.75, 3.05) is 19.3 Å². The molecule has 1 aromatic carbocycles. The molecule has 2 N–H and O–H groups in total. The molecule has 0 radical (unpaired) electrons. The molecule has 2 atom stereocenters. The third-order valence-corrected chi connectivity index (χ3v) is 5.79. The molecule has 0 saturated heterocycles. The summed E-state index contributed by atoms with van der Waals surface area (Å²) in [5, 5.41) is 3.63. The first-order valence-electron chi connectivity index (χ1n) is 7.30. The van der Waals surface area contributed by atoms with Gasteiger partial charge in [0.2, 0.25) is 10.0 Å². The number of rotatable bonds is 9. The lowest BCUT2D eigenvalue weighted by molar-refractivity contribution is 0.535. The number of benzene rings is 1. The maximum absolute atomic E-state index is 12.3. The second-order valence-corrected chi connectivity index (χ2v) is 8.03. The van der Waals surface area contributed by atoms with Gasteiger partial charge in [-0.25, -0.2) is 13.1 Å². The predicted octanol–water partition coefficient (Wildman–Crippen LogP) is 2.78. The second kappa shape index (κ2) is 8.78. The smallest absolute Gasteiger partial charge is 0.240 e. The summed E-state index contributed by atoms with van der Waals surface area (Å²) >= 11 is 1.64. The van der Waals surface area contributed by atoms with Crippen molar-refractivity contribution in [1.82, 2.24) is 10.0 Å². The first kappa shape index (κ1) is 18.5. The largest absolute Gasteiger partial charge is 0.310 e. The van der Waals surface area contributed by atoms with E-state index in [2.05, 4.69) is 23.9 Å². The van der Waals surface area contributed by atoms with Gasteiger partial charge in [-0.3, -0.25) is 0 Å². The van der Waals surface area contributed by atoms with Gasteiger partial charge < -0.3 is 5.32 Å². The van der Waals surface area contributed by atoms with E-state index in [1.807, 2.05) is 25.3 Å². The summed E-state index contributed by atoms with van der Waals surface area (Å²) in [6.07, 6.45) is 2.90. The van der Waals surface area contributed by atoms with Crippen LogP contribution in [0.1, 0.15) is 38.8 Å². The van der Waals surface area contributed by atoms with E-state index in [4.69, 9.17) is 0 Å². The minimum atomic E-state index is -3.44. The normalized spacial score (nSPS) is 14.9. The maximum atomic E-state index is 12.3. The molecule has 1 rings (SSSR count). The quantitative estimate of drug-likeness (QED) is 0.731. The molecule has 6 heteroatoms. The van der Waals surface area contributed by atoms with Crippen LogP contribution in [0.2, 0.25) is 0 Å². The van der Waals surface area contributed by atoms with Crippen LogP contribution in [-0.2, 0) is 10.0 Å². The van der Waals surface area contributed by atoms with Crippen LogP contribution >= 0.6 is 11.8 Å². The Balaban J connectivity index is 2.92. The molecule has 2 unspecified atom stereocenters. The summed E-state index contributed by atoms with van der Waals surface area (Å²) in [7, 11) is -3.44. The monoisotopic (exact) mass is 330 g/mol. The van der Waals surface area contributed by atoms with E-state index >= 15 is 0 Å². The Hall–Kier alpha value is -0.560. The van der Waals surface area contributed by atoms with Crippen molar-refractivity contribution in [3.63, 3.8) is 0 Å². The summed E-state index contributed by atoms with van der Waals surface area (Å²) in [5.74, 6) is 0. The van der Waals surface area contributed by atoms with Crippen molar-refractivity contribution in [1.29, 1.82) is 0 Å². The minimum absolute atomic E-state index is 0.190. The molecule has 4 nitrogen and oxygen atoms in total. The summed E-state index contributed by atoms with van der Waals surface area (Å²) in [4.78, 5) is 0.338. The third kappa shape index (κ3) is 5.62. The molecule has 0 aliphatic carbocycles. The Labute approximate surface area is 133 Å². The van der Waals surface area contributed by atoms with Crippen LogP contribution in [0.4, 0.5) is 0 Å². The fraction of sp³-hybridized carbons (Fsp3) is 0.600. The summed E-state index contributed by atoms with van der Waals surface area (Å²) in [6.45, 7) is 7.44. The average Bonchev–Trinajstić information content (AvgIpc) is 2.50. The van der Waals surface area contributed by atoms with Crippen LogP contribution in [-0.4, -0.2) is 33.0 Å². The lowest BCUT2D eigenvalue weighted by atomic mass is 10.0. The van der Waals surface area contributed by atoms with Gasteiger partial charge in [0.15, 0.2) is 0 Å². The molecule has 0 heterocycles. The standard InChI is InChI=1S/C15H26N2O2S2/c1-5-15(16-6-2)13-8-7-9-14(10-13)21(18,19)17-11-12(3)20-4/h7-10,12,15-17H,5-6,11H2,1-4H3. The molecule has 0 spiro atoms. The van der Waals surface area contributed by atoms with Crippen molar-refractivity contribution < 1.29 is 8.42 Å². The first-order valence-corrected chi connectivity index (χ1v) is 10.1. The van der Waals surface area contributed by atoms with Crippen molar-refractivity contribution in [3.05, 3.63) is 29.8 Å². The van der Waals surface area contributed by atoms with Crippen LogP contribution in [0, 0.1) is 0 Å². The van der Waals surface area contributed by atoms with Gasteiger partial charge in [0, 0.05) is 17.8 Å². The van der Waals surface area contributed by atoms with E-state index < -0.39 is 10.0 Å². The maximum Gasteiger partial charge on any atom is 0.240 e. The van der Waals surface area contributed by atoms with E-state index in [1.165, 1.54) is 0 Å². The molecule has 0 aliphatic rings. The Morgan fingerprint density at radius 3 is 2.57 bits per heavy atom. The van der Waals surface area contributed by atoms with Crippen molar-refractivity contribution in [2.24, 2.45) is 0 Å². The van der Waals surface area contributed by atoms with Gasteiger partial charge in [-0.05, 0) is 36.9 Å². The van der Waals surface area contributed by atoms with Crippen LogP contribution in [0.15, 0.2) is 29.2 Å². The lowest BCUT2D eigenvalue weighted by Gasteiger charge is -2.17. The second-order valence-electron chi connectivity index (χ2n) is 4.99. The Morgan fingerprint density at radius 2 is 2.00 bits per heavy atom. The molecule has 120 valence electrons. The van der Waals surface area contributed by atoms with Crippen LogP contribution in [0.5, 0.6) is 0 Å². The van der Waals surface area contributed by atoms with Crippen LogP contribution in [0.25, 0.3) is 0 Å². The Morgan fingerprint density at radius 1 is 1.29 bits per heavy atom. The van der Waals surface area contributed by atoms with Gasteiger partial charge in [-0.1, -0.05) is 32.9 Å². The highest BCUT2D eigenvalue weighted by molar-refractivity contribution is 7.99. The number of thioether (sulfide) groups is 1. The zero-order valence-electron chi connectivity index (χ0n) is 13.2. The molecule has 0 amide bonds. The summed E-state index contributed by atoms with van der Waals surface area (Å²) in [5.41, 5.74) is 1.01. The van der Waals surface area contributed by atoms with E-state index in [-0.39, 0.29) is 11.3 Å². The molecule has 1 aromatic rings. The fourth-order valence-electron chi connectivity index (χ4n) is 2.04. The fourth-order valence-corrected chi connectivity index (χ4v) is 3.58. The van der Waals surface area contributed by atoms with Crippen molar-refractivity contribution in [3.8, 4) is 0 Å². The molecule has 0 aliphatic heterocycles. The summed E-state index contributed by atoms with van der Waals surface area (Å²) in [6, 6.07) is 7.38. The SMILES string of the molecule is CCNC(CC)c1cccc(S(=O)(=O)NCC(C)SC)c1. The van der Waals surface area contributed by atoms with Gasteiger partial charge in [-0.15, -0.1) is 0 Å². The topological polar surface area (TPSA) is 58.2 Å². The molecular formula is C15H26N2O2S2. The average molecular weight is 331 g/mol. The Kier molecular flexibility index (Phi) is 7.73. The Bertz CT molecular complexity index is 532. The molecular weight excluding hydrogens is 304 g/mol. The molecule has 0 saturated carbocycles. The lowest BCUT2D eigenvalue weighted by Crippen LogP contribution is -2.29. The highest BCUT2D eigenvalue weighted by Gasteiger charge is 2.17. The number of hydrogen-bond donors (Lipinski definition) is 2. The van der Waals surface area contributed by atoms with Crippen LogP contribution < -0.4 is 10.0 Å². The van der Waals surface area contributed by atoms with E-state index in [9.17, 15) is 8.42 Å². The van der Waals surface area contributed by atoms with Crippen LogP contribution in [0.3, 0.4) is 0 Å². The van der Waals surface area contributed by atoms with Gasteiger partial charge in [0.05, 0.1) is 4.90 Å². The summed E-state index contributed by atoms with van der Waals surface area (Å²) < 4.78 is 27.3. The number of sulfonamides is 1. The van der Waals surface area contributed by atoms with Gasteiger partial charge in [0.25, 0.3) is 0 Å². The molecule has 0 aromatic heterocycles. The third-order valence-electron chi connectivity index (χ3n) is 3.39. The minimum Gasteiger partial charge on any atom is -0.310 e. The molecule has 0 bridgehead atoms. The number of hydrogen-bond acceptors (Lipinski definition) is 4. The van der Waals surface area contributed by atoms with Gasteiger partial charge in [-0.2, -0.15) is 11.8 Å². The van der Waals surface area contributed by atoms with Crippen molar-refractivity contribution >= 4 is 21.8 Å². The zero-order chi connectivity index (χ0) is 15.9. The van der Waals surface area contributed by atoms with Gasteiger partial charge in [0.1, 0.15) is 0 Å². The van der Waals surface area contributed by atoms with E-state index in [0.717, 1.165) is 18.5 Å².